The molecular weight excluding hydrogens is 272 g/mol. The molecule has 1 aromatic carbocycles. The maximum Gasteiger partial charge on any atom is 0.270 e. The standard InChI is InChI=1S/C14H16N4O3/c15-9-10-8-11(18(20)21)4-5-12(10)17-13(19)14(16)6-2-1-3-7-14/h4-5,8H,1-3,6-7,16H2,(H,17,19). The predicted molar refractivity (Wildman–Crippen MR) is 76.4 cm³/mol. The van der Waals surface area contributed by atoms with E-state index in [9.17, 15) is 14.9 Å². The molecule has 0 radical (unpaired) electrons. The number of benzene rings is 1. The Balaban J connectivity index is 2.21. The Labute approximate surface area is 121 Å². The normalized spacial score (nSPS) is 16.8. The highest BCUT2D eigenvalue weighted by molar-refractivity contribution is 5.99. The van der Waals surface area contributed by atoms with Crippen LogP contribution in [0, 0.1) is 21.4 Å². The van der Waals surface area contributed by atoms with Crippen LogP contribution < -0.4 is 11.1 Å². The van der Waals surface area contributed by atoms with E-state index in [-0.39, 0.29) is 22.8 Å². The van der Waals surface area contributed by atoms with Crippen LogP contribution in [0.3, 0.4) is 0 Å². The van der Waals surface area contributed by atoms with Crippen molar-refractivity contribution < 1.29 is 9.72 Å². The third-order valence-corrected chi connectivity index (χ3v) is 3.78. The molecule has 0 aliphatic heterocycles. The first-order valence-corrected chi connectivity index (χ1v) is 6.75. The van der Waals surface area contributed by atoms with Gasteiger partial charge in [0.05, 0.1) is 21.7 Å². The number of carbonyl (C=O) groups excluding carboxylic acids is 1. The number of hydrogen-bond acceptors (Lipinski definition) is 5. The molecule has 1 aromatic rings. The molecule has 7 nitrogen and oxygen atoms in total. The summed E-state index contributed by atoms with van der Waals surface area (Å²) < 4.78 is 0. The van der Waals surface area contributed by atoms with Gasteiger partial charge in [0, 0.05) is 12.1 Å². The summed E-state index contributed by atoms with van der Waals surface area (Å²) in [5.74, 6) is -0.340. The molecule has 1 aliphatic rings. The molecule has 2 rings (SSSR count). The molecule has 110 valence electrons. The van der Waals surface area contributed by atoms with Crippen LogP contribution in [0.1, 0.15) is 37.7 Å². The topological polar surface area (TPSA) is 122 Å². The van der Waals surface area contributed by atoms with Crippen molar-refractivity contribution in [2.45, 2.75) is 37.6 Å². The molecule has 1 aliphatic carbocycles. The first-order chi connectivity index (χ1) is 9.96. The highest BCUT2D eigenvalue weighted by Crippen LogP contribution is 2.28. The zero-order chi connectivity index (χ0) is 15.5. The first-order valence-electron chi connectivity index (χ1n) is 6.75. The van der Waals surface area contributed by atoms with Gasteiger partial charge in [-0.1, -0.05) is 19.3 Å². The molecule has 0 saturated heterocycles. The molecular formula is C14H16N4O3. The lowest BCUT2D eigenvalue weighted by molar-refractivity contribution is -0.384. The molecule has 0 atom stereocenters. The highest BCUT2D eigenvalue weighted by atomic mass is 16.6. The van der Waals surface area contributed by atoms with E-state index in [1.807, 2.05) is 6.07 Å². The van der Waals surface area contributed by atoms with Crippen molar-refractivity contribution in [1.82, 2.24) is 0 Å². The lowest BCUT2D eigenvalue weighted by Crippen LogP contribution is -2.52. The second kappa shape index (κ2) is 5.89. The van der Waals surface area contributed by atoms with Crippen molar-refractivity contribution in [3.63, 3.8) is 0 Å². The molecule has 21 heavy (non-hydrogen) atoms. The van der Waals surface area contributed by atoms with Gasteiger partial charge in [-0.25, -0.2) is 0 Å². The van der Waals surface area contributed by atoms with E-state index in [0.717, 1.165) is 25.3 Å². The van der Waals surface area contributed by atoms with Crippen molar-refractivity contribution in [1.29, 1.82) is 5.26 Å². The van der Waals surface area contributed by atoms with Gasteiger partial charge in [0.15, 0.2) is 0 Å². The summed E-state index contributed by atoms with van der Waals surface area (Å²) in [4.78, 5) is 22.4. The van der Waals surface area contributed by atoms with E-state index in [1.54, 1.807) is 0 Å². The second-order valence-electron chi connectivity index (χ2n) is 5.27. The van der Waals surface area contributed by atoms with Crippen LogP contribution in [-0.2, 0) is 4.79 Å². The number of nitrogens with one attached hydrogen (secondary N) is 1. The number of carbonyl (C=O) groups is 1. The first kappa shape index (κ1) is 14.9. The van der Waals surface area contributed by atoms with Crippen molar-refractivity contribution in [2.24, 2.45) is 5.73 Å². The van der Waals surface area contributed by atoms with Crippen molar-refractivity contribution in [3.8, 4) is 6.07 Å². The molecule has 0 unspecified atom stereocenters. The van der Waals surface area contributed by atoms with Gasteiger partial charge in [-0.05, 0) is 18.9 Å². The molecule has 0 aromatic heterocycles. The zero-order valence-corrected chi connectivity index (χ0v) is 11.5. The summed E-state index contributed by atoms with van der Waals surface area (Å²) in [6.45, 7) is 0. The van der Waals surface area contributed by atoms with E-state index < -0.39 is 10.5 Å². The van der Waals surface area contributed by atoms with E-state index in [2.05, 4.69) is 5.32 Å². The van der Waals surface area contributed by atoms with E-state index in [0.29, 0.717) is 12.8 Å². The minimum absolute atomic E-state index is 0.0527. The van der Waals surface area contributed by atoms with Gasteiger partial charge < -0.3 is 11.1 Å². The summed E-state index contributed by atoms with van der Waals surface area (Å²) in [6.07, 6.45) is 4.07. The van der Waals surface area contributed by atoms with Gasteiger partial charge in [-0.15, -0.1) is 0 Å². The maximum absolute atomic E-state index is 12.3. The van der Waals surface area contributed by atoms with Crippen molar-refractivity contribution in [3.05, 3.63) is 33.9 Å². The Hall–Kier alpha value is -2.46. The number of nitrogens with zero attached hydrogens (tertiary/aromatic N) is 2. The van der Waals surface area contributed by atoms with Crippen molar-refractivity contribution in [2.75, 3.05) is 5.32 Å². The smallest absolute Gasteiger partial charge is 0.270 e. The van der Waals surface area contributed by atoms with Gasteiger partial charge in [-0.2, -0.15) is 5.26 Å². The number of nitriles is 1. The van der Waals surface area contributed by atoms with Gasteiger partial charge in [-0.3, -0.25) is 14.9 Å². The molecule has 0 heterocycles. The van der Waals surface area contributed by atoms with E-state index in [4.69, 9.17) is 11.0 Å². The Morgan fingerprint density at radius 2 is 2.05 bits per heavy atom. The Kier molecular flexibility index (Phi) is 4.19. The monoisotopic (exact) mass is 288 g/mol. The number of anilines is 1. The molecule has 1 saturated carbocycles. The third kappa shape index (κ3) is 3.17. The fraction of sp³-hybridized carbons (Fsp3) is 0.429. The maximum atomic E-state index is 12.3. The lowest BCUT2D eigenvalue weighted by Gasteiger charge is -2.31. The highest BCUT2D eigenvalue weighted by Gasteiger charge is 2.35. The Morgan fingerprint density at radius 1 is 1.38 bits per heavy atom. The summed E-state index contributed by atoms with van der Waals surface area (Å²) >= 11 is 0. The second-order valence-corrected chi connectivity index (χ2v) is 5.27. The lowest BCUT2D eigenvalue weighted by atomic mass is 9.82. The number of amides is 1. The van der Waals surface area contributed by atoms with Crippen molar-refractivity contribution >= 4 is 17.3 Å². The SMILES string of the molecule is N#Cc1cc([N+](=O)[O-])ccc1NC(=O)C1(N)CCCCC1. The largest absolute Gasteiger partial charge is 0.323 e. The molecule has 0 bridgehead atoms. The Morgan fingerprint density at radius 3 is 2.62 bits per heavy atom. The van der Waals surface area contributed by atoms with Crippen LogP contribution in [0.15, 0.2) is 18.2 Å². The quantitative estimate of drug-likeness (QED) is 0.651. The minimum atomic E-state index is -0.924. The molecule has 7 heteroatoms. The molecule has 1 fully saturated rings. The van der Waals surface area contributed by atoms with Crippen LogP contribution in [0.5, 0.6) is 0 Å². The minimum Gasteiger partial charge on any atom is -0.323 e. The molecule has 3 N–H and O–H groups in total. The summed E-state index contributed by atoms with van der Waals surface area (Å²) in [7, 11) is 0. The van der Waals surface area contributed by atoms with E-state index >= 15 is 0 Å². The summed E-state index contributed by atoms with van der Waals surface area (Å²) in [5.41, 5.74) is 5.31. The molecule has 1 amide bonds. The molecule has 0 spiro atoms. The van der Waals surface area contributed by atoms with Crippen LogP contribution in [0.2, 0.25) is 0 Å². The fourth-order valence-corrected chi connectivity index (χ4v) is 2.50. The van der Waals surface area contributed by atoms with E-state index in [1.165, 1.54) is 12.1 Å². The number of non-ortho nitro benzene ring substituents is 1. The zero-order valence-electron chi connectivity index (χ0n) is 11.5. The van der Waals surface area contributed by atoms with Gasteiger partial charge >= 0.3 is 0 Å². The summed E-state index contributed by atoms with van der Waals surface area (Å²) in [6, 6.07) is 5.60. The number of nitro benzene ring substituents is 1. The fourth-order valence-electron chi connectivity index (χ4n) is 2.50. The van der Waals surface area contributed by atoms with Crippen LogP contribution >= 0.6 is 0 Å². The Bertz CT molecular complexity index is 615. The van der Waals surface area contributed by atoms with Gasteiger partial charge in [0.1, 0.15) is 6.07 Å². The number of rotatable bonds is 3. The van der Waals surface area contributed by atoms with Crippen LogP contribution in [0.4, 0.5) is 11.4 Å². The predicted octanol–water partition coefficient (Wildman–Crippen LogP) is 2.07. The van der Waals surface area contributed by atoms with Crippen LogP contribution in [-0.4, -0.2) is 16.4 Å². The number of nitrogens with two attached hydrogens (primary N) is 1. The average molecular weight is 288 g/mol. The number of hydrogen-bond donors (Lipinski definition) is 2. The summed E-state index contributed by atoms with van der Waals surface area (Å²) in [5, 5.41) is 22.4. The third-order valence-electron chi connectivity index (χ3n) is 3.78. The number of nitro groups is 1. The van der Waals surface area contributed by atoms with Gasteiger partial charge in [0.25, 0.3) is 5.69 Å². The van der Waals surface area contributed by atoms with Gasteiger partial charge in [0.2, 0.25) is 5.91 Å². The van der Waals surface area contributed by atoms with Crippen LogP contribution in [0.25, 0.3) is 0 Å². The average Bonchev–Trinajstić information content (AvgIpc) is 2.48.